The van der Waals surface area contributed by atoms with E-state index in [1.54, 1.807) is 0 Å². The van der Waals surface area contributed by atoms with Crippen molar-refractivity contribution in [3.8, 4) is 5.75 Å². The fourth-order valence-electron chi connectivity index (χ4n) is 2.83. The van der Waals surface area contributed by atoms with Gasteiger partial charge in [-0.2, -0.15) is 0 Å². The van der Waals surface area contributed by atoms with Crippen molar-refractivity contribution < 1.29 is 14.6 Å². The molecule has 0 aromatic heterocycles. The molecule has 150 valence electrons. The molecule has 5 heteroatoms. The van der Waals surface area contributed by atoms with Gasteiger partial charge in [0.1, 0.15) is 5.75 Å². The zero-order chi connectivity index (χ0) is 20.5. The van der Waals surface area contributed by atoms with E-state index in [0.29, 0.717) is 18.8 Å². The van der Waals surface area contributed by atoms with Crippen molar-refractivity contribution in [2.45, 2.75) is 19.6 Å². The van der Waals surface area contributed by atoms with Gasteiger partial charge in [-0.1, -0.05) is 60.2 Å². The standard InChI is InChI=1S/C24H26N2O3/c1-18-7-11-21(12-8-18)26-24(28)17-29-22-13-9-19(10-14-22)15-25-16-23(27)20-5-3-2-4-6-20/h2-14,23,25,27H,15-17H2,1H3,(H,26,28)/t23-/m1/s1. The topological polar surface area (TPSA) is 70.6 Å². The number of amides is 1. The summed E-state index contributed by atoms with van der Waals surface area (Å²) in [5, 5.41) is 16.2. The maximum Gasteiger partial charge on any atom is 0.262 e. The molecule has 0 aliphatic carbocycles. The highest BCUT2D eigenvalue weighted by molar-refractivity contribution is 5.91. The first-order chi connectivity index (χ1) is 14.1. The highest BCUT2D eigenvalue weighted by atomic mass is 16.5. The summed E-state index contributed by atoms with van der Waals surface area (Å²) in [6.45, 7) is 3.06. The lowest BCUT2D eigenvalue weighted by molar-refractivity contribution is -0.118. The van der Waals surface area contributed by atoms with Gasteiger partial charge in [0.2, 0.25) is 0 Å². The minimum Gasteiger partial charge on any atom is -0.484 e. The van der Waals surface area contributed by atoms with Gasteiger partial charge in [0.25, 0.3) is 5.91 Å². The van der Waals surface area contributed by atoms with Crippen LogP contribution < -0.4 is 15.4 Å². The summed E-state index contributed by atoms with van der Waals surface area (Å²) in [7, 11) is 0. The molecule has 3 aromatic carbocycles. The summed E-state index contributed by atoms with van der Waals surface area (Å²) >= 11 is 0. The van der Waals surface area contributed by atoms with E-state index in [1.165, 1.54) is 0 Å². The van der Waals surface area contributed by atoms with E-state index < -0.39 is 6.10 Å². The fourth-order valence-corrected chi connectivity index (χ4v) is 2.83. The summed E-state index contributed by atoms with van der Waals surface area (Å²) in [6, 6.07) is 24.8. The molecule has 0 spiro atoms. The summed E-state index contributed by atoms with van der Waals surface area (Å²) in [5.74, 6) is 0.437. The lowest BCUT2D eigenvalue weighted by Gasteiger charge is -2.12. The van der Waals surface area contributed by atoms with E-state index >= 15 is 0 Å². The van der Waals surface area contributed by atoms with Crippen LogP contribution in [0.15, 0.2) is 78.9 Å². The quantitative estimate of drug-likeness (QED) is 0.519. The molecule has 0 heterocycles. The van der Waals surface area contributed by atoms with Crippen LogP contribution in [0.1, 0.15) is 22.8 Å². The van der Waals surface area contributed by atoms with Crippen LogP contribution in [0.25, 0.3) is 0 Å². The first-order valence-electron chi connectivity index (χ1n) is 9.62. The Kier molecular flexibility index (Phi) is 7.39. The normalized spacial score (nSPS) is 11.7. The van der Waals surface area contributed by atoms with Crippen molar-refractivity contribution in [1.82, 2.24) is 5.32 Å². The summed E-state index contributed by atoms with van der Waals surface area (Å²) in [5.41, 5.74) is 3.86. The van der Waals surface area contributed by atoms with Gasteiger partial charge in [-0.15, -0.1) is 0 Å². The van der Waals surface area contributed by atoms with Crippen LogP contribution in [0, 0.1) is 6.92 Å². The maximum atomic E-state index is 12.0. The number of carbonyl (C=O) groups is 1. The van der Waals surface area contributed by atoms with E-state index in [9.17, 15) is 9.90 Å². The molecule has 3 N–H and O–H groups in total. The molecule has 0 fully saturated rings. The van der Waals surface area contributed by atoms with Crippen LogP contribution in [0.5, 0.6) is 5.75 Å². The largest absolute Gasteiger partial charge is 0.484 e. The molecule has 0 saturated heterocycles. The van der Waals surface area contributed by atoms with Crippen LogP contribution in [0.4, 0.5) is 5.69 Å². The van der Waals surface area contributed by atoms with Crippen molar-refractivity contribution in [2.24, 2.45) is 0 Å². The number of ether oxygens (including phenoxy) is 1. The van der Waals surface area contributed by atoms with Crippen molar-refractivity contribution in [3.05, 3.63) is 95.6 Å². The molecular formula is C24H26N2O3. The van der Waals surface area contributed by atoms with Crippen LogP contribution >= 0.6 is 0 Å². The highest BCUT2D eigenvalue weighted by Gasteiger charge is 2.07. The van der Waals surface area contributed by atoms with Crippen LogP contribution in [-0.4, -0.2) is 24.2 Å². The second-order valence-electron chi connectivity index (χ2n) is 6.90. The molecule has 1 amide bonds. The fraction of sp³-hybridized carbons (Fsp3) is 0.208. The number of hydrogen-bond acceptors (Lipinski definition) is 4. The number of aliphatic hydroxyl groups excluding tert-OH is 1. The number of rotatable bonds is 9. The number of anilines is 1. The van der Waals surface area contributed by atoms with Gasteiger partial charge in [0, 0.05) is 18.8 Å². The number of benzene rings is 3. The monoisotopic (exact) mass is 390 g/mol. The predicted molar refractivity (Wildman–Crippen MR) is 115 cm³/mol. The summed E-state index contributed by atoms with van der Waals surface area (Å²) < 4.78 is 5.55. The van der Waals surface area contributed by atoms with Gasteiger partial charge in [0.05, 0.1) is 6.10 Å². The predicted octanol–water partition coefficient (Wildman–Crippen LogP) is 3.84. The zero-order valence-corrected chi connectivity index (χ0v) is 16.5. The van der Waals surface area contributed by atoms with Crippen LogP contribution in [-0.2, 0) is 11.3 Å². The highest BCUT2D eigenvalue weighted by Crippen LogP contribution is 2.14. The maximum absolute atomic E-state index is 12.0. The SMILES string of the molecule is Cc1ccc(NC(=O)COc2ccc(CNC[C@@H](O)c3ccccc3)cc2)cc1. The van der Waals surface area contributed by atoms with E-state index in [2.05, 4.69) is 10.6 Å². The van der Waals surface area contributed by atoms with Gasteiger partial charge in [-0.25, -0.2) is 0 Å². The third-order valence-corrected chi connectivity index (χ3v) is 4.48. The number of aliphatic hydroxyl groups is 1. The number of hydrogen-bond donors (Lipinski definition) is 3. The van der Waals surface area contributed by atoms with Gasteiger partial charge in [-0.05, 0) is 42.3 Å². The molecular weight excluding hydrogens is 364 g/mol. The third kappa shape index (κ3) is 6.75. The van der Waals surface area contributed by atoms with Gasteiger partial charge in [0.15, 0.2) is 6.61 Å². The number of carbonyl (C=O) groups excluding carboxylic acids is 1. The lowest BCUT2D eigenvalue weighted by Crippen LogP contribution is -2.21. The minimum atomic E-state index is -0.536. The Morgan fingerprint density at radius 2 is 1.66 bits per heavy atom. The van der Waals surface area contributed by atoms with Gasteiger partial charge < -0.3 is 20.5 Å². The smallest absolute Gasteiger partial charge is 0.262 e. The van der Waals surface area contributed by atoms with E-state index in [1.807, 2.05) is 85.8 Å². The van der Waals surface area contributed by atoms with E-state index in [4.69, 9.17) is 4.74 Å². The molecule has 0 radical (unpaired) electrons. The van der Waals surface area contributed by atoms with E-state index in [-0.39, 0.29) is 12.5 Å². The molecule has 29 heavy (non-hydrogen) atoms. The minimum absolute atomic E-state index is 0.0469. The van der Waals surface area contributed by atoms with E-state index in [0.717, 1.165) is 22.4 Å². The Balaban J connectivity index is 1.39. The molecule has 3 aromatic rings. The summed E-state index contributed by atoms with van der Waals surface area (Å²) in [4.78, 5) is 12.0. The zero-order valence-electron chi connectivity index (χ0n) is 16.5. The Morgan fingerprint density at radius 3 is 2.34 bits per heavy atom. The third-order valence-electron chi connectivity index (χ3n) is 4.48. The molecule has 1 atom stereocenters. The first-order valence-corrected chi connectivity index (χ1v) is 9.62. The Morgan fingerprint density at radius 1 is 0.966 bits per heavy atom. The Bertz CT molecular complexity index is 894. The number of nitrogens with one attached hydrogen (secondary N) is 2. The molecule has 0 unspecified atom stereocenters. The van der Waals surface area contributed by atoms with Crippen molar-refractivity contribution in [1.29, 1.82) is 0 Å². The Hall–Kier alpha value is -3.15. The average Bonchev–Trinajstić information content (AvgIpc) is 2.75. The van der Waals surface area contributed by atoms with Gasteiger partial charge >= 0.3 is 0 Å². The van der Waals surface area contributed by atoms with Crippen molar-refractivity contribution in [3.63, 3.8) is 0 Å². The number of aryl methyl sites for hydroxylation is 1. The molecule has 0 aliphatic rings. The molecule has 0 bridgehead atoms. The molecule has 0 aliphatic heterocycles. The lowest BCUT2D eigenvalue weighted by atomic mass is 10.1. The van der Waals surface area contributed by atoms with Crippen molar-refractivity contribution in [2.75, 3.05) is 18.5 Å². The van der Waals surface area contributed by atoms with Gasteiger partial charge in [-0.3, -0.25) is 4.79 Å². The first kappa shape index (κ1) is 20.6. The second kappa shape index (κ2) is 10.4. The molecule has 3 rings (SSSR count). The Labute approximate surface area is 171 Å². The van der Waals surface area contributed by atoms with Crippen LogP contribution in [0.2, 0.25) is 0 Å². The molecule has 5 nitrogen and oxygen atoms in total. The second-order valence-corrected chi connectivity index (χ2v) is 6.90. The van der Waals surface area contributed by atoms with Crippen LogP contribution in [0.3, 0.4) is 0 Å². The molecule has 0 saturated carbocycles. The summed E-state index contributed by atoms with van der Waals surface area (Å²) in [6.07, 6.45) is -0.536. The average molecular weight is 390 g/mol. The van der Waals surface area contributed by atoms with Crippen molar-refractivity contribution >= 4 is 11.6 Å².